The lowest BCUT2D eigenvalue weighted by Crippen LogP contribution is -2.44. The van der Waals surface area contributed by atoms with Gasteiger partial charge in [0.25, 0.3) is 0 Å². The van der Waals surface area contributed by atoms with Crippen LogP contribution in [0.25, 0.3) is 0 Å². The zero-order valence-corrected chi connectivity index (χ0v) is 12.9. The highest BCUT2D eigenvalue weighted by molar-refractivity contribution is 7.89. The van der Waals surface area contributed by atoms with E-state index < -0.39 is 10.0 Å². The zero-order chi connectivity index (χ0) is 13.7. The van der Waals surface area contributed by atoms with Crippen molar-refractivity contribution in [2.75, 3.05) is 25.4 Å². The Kier molecular flexibility index (Phi) is 5.66. The van der Waals surface area contributed by atoms with Crippen molar-refractivity contribution in [3.63, 3.8) is 0 Å². The topological polar surface area (TPSA) is 49.4 Å². The van der Waals surface area contributed by atoms with E-state index in [0.717, 1.165) is 51.7 Å². The quantitative estimate of drug-likeness (QED) is 0.860. The molecule has 2 aliphatic rings. The molecule has 0 aromatic rings. The van der Waals surface area contributed by atoms with Crippen LogP contribution in [0.2, 0.25) is 0 Å². The van der Waals surface area contributed by atoms with Crippen LogP contribution in [-0.2, 0) is 10.0 Å². The van der Waals surface area contributed by atoms with Gasteiger partial charge in [-0.25, -0.2) is 8.42 Å². The summed E-state index contributed by atoms with van der Waals surface area (Å²) >= 11 is 0. The van der Waals surface area contributed by atoms with Crippen molar-refractivity contribution < 1.29 is 8.42 Å². The first-order chi connectivity index (χ1) is 9.13. The van der Waals surface area contributed by atoms with Crippen LogP contribution in [0.3, 0.4) is 0 Å². The Balaban J connectivity index is 2.02. The van der Waals surface area contributed by atoms with Crippen molar-refractivity contribution in [3.05, 3.63) is 0 Å². The average molecular weight is 288 g/mol. The summed E-state index contributed by atoms with van der Waals surface area (Å²) in [4.78, 5) is 0. The summed E-state index contributed by atoms with van der Waals surface area (Å²) < 4.78 is 27.2. The van der Waals surface area contributed by atoms with Gasteiger partial charge in [-0.2, -0.15) is 4.31 Å². The Morgan fingerprint density at radius 3 is 2.68 bits per heavy atom. The molecule has 112 valence electrons. The summed E-state index contributed by atoms with van der Waals surface area (Å²) in [6, 6.07) is 0.240. The van der Waals surface area contributed by atoms with Crippen molar-refractivity contribution in [3.8, 4) is 0 Å². The van der Waals surface area contributed by atoms with Crippen molar-refractivity contribution in [1.82, 2.24) is 9.62 Å². The molecule has 0 aromatic carbocycles. The van der Waals surface area contributed by atoms with Gasteiger partial charge in [0.2, 0.25) is 10.0 Å². The van der Waals surface area contributed by atoms with Gasteiger partial charge >= 0.3 is 0 Å². The van der Waals surface area contributed by atoms with Gasteiger partial charge in [-0.15, -0.1) is 0 Å². The van der Waals surface area contributed by atoms with Gasteiger partial charge in [0.05, 0.1) is 5.75 Å². The Hall–Kier alpha value is -0.130. The summed E-state index contributed by atoms with van der Waals surface area (Å²) in [5.74, 6) is 0.649. The molecule has 2 fully saturated rings. The third kappa shape index (κ3) is 4.17. The summed E-state index contributed by atoms with van der Waals surface area (Å²) in [5.41, 5.74) is 0. The maximum atomic E-state index is 12.7. The van der Waals surface area contributed by atoms with Gasteiger partial charge in [-0.05, 0) is 51.1 Å². The van der Waals surface area contributed by atoms with E-state index in [1.165, 1.54) is 12.8 Å². The van der Waals surface area contributed by atoms with Gasteiger partial charge < -0.3 is 5.32 Å². The Labute approximate surface area is 118 Å². The molecule has 0 aliphatic carbocycles. The summed E-state index contributed by atoms with van der Waals surface area (Å²) in [6.07, 6.45) is 7.52. The molecule has 0 bridgehead atoms. The molecular formula is C14H28N2O2S. The fraction of sp³-hybridized carbons (Fsp3) is 1.00. The van der Waals surface area contributed by atoms with Crippen LogP contribution in [0, 0.1) is 5.92 Å². The van der Waals surface area contributed by atoms with Crippen molar-refractivity contribution >= 4 is 10.0 Å². The molecule has 2 heterocycles. The highest BCUT2D eigenvalue weighted by Gasteiger charge is 2.32. The van der Waals surface area contributed by atoms with Gasteiger partial charge in [0.1, 0.15) is 0 Å². The SMILES string of the molecule is CCC1CCCCCN1S(=O)(=O)CC1CCCNC1. The van der Waals surface area contributed by atoms with E-state index in [1.807, 2.05) is 4.31 Å². The molecule has 0 spiro atoms. The van der Waals surface area contributed by atoms with Crippen LogP contribution in [0.1, 0.15) is 51.9 Å². The third-order valence-corrected chi connectivity index (χ3v) is 6.58. The highest BCUT2D eigenvalue weighted by atomic mass is 32.2. The molecule has 0 radical (unpaired) electrons. The van der Waals surface area contributed by atoms with Crippen LogP contribution < -0.4 is 5.32 Å². The first-order valence-electron chi connectivity index (χ1n) is 7.83. The van der Waals surface area contributed by atoms with E-state index in [1.54, 1.807) is 0 Å². The molecule has 2 aliphatic heterocycles. The lowest BCUT2D eigenvalue weighted by Gasteiger charge is -2.31. The summed E-state index contributed by atoms with van der Waals surface area (Å²) in [7, 11) is -3.07. The first kappa shape index (κ1) is 15.3. The number of hydrogen-bond acceptors (Lipinski definition) is 3. The monoisotopic (exact) mass is 288 g/mol. The fourth-order valence-corrected chi connectivity index (χ4v) is 5.57. The molecule has 1 N–H and O–H groups in total. The van der Waals surface area contributed by atoms with Crippen molar-refractivity contribution in [1.29, 1.82) is 0 Å². The molecule has 5 heteroatoms. The third-order valence-electron chi connectivity index (χ3n) is 4.50. The first-order valence-corrected chi connectivity index (χ1v) is 9.44. The summed E-state index contributed by atoms with van der Waals surface area (Å²) in [5, 5.41) is 3.31. The van der Waals surface area contributed by atoms with Gasteiger partial charge in [0, 0.05) is 12.6 Å². The van der Waals surface area contributed by atoms with Crippen LogP contribution in [0.4, 0.5) is 0 Å². The minimum atomic E-state index is -3.07. The van der Waals surface area contributed by atoms with Crippen LogP contribution >= 0.6 is 0 Å². The standard InChI is InChI=1S/C14H28N2O2S/c1-2-14-8-4-3-5-10-16(14)19(17,18)12-13-7-6-9-15-11-13/h13-15H,2-12H2,1H3. The second kappa shape index (κ2) is 7.04. The molecule has 0 aromatic heterocycles. The minimum absolute atomic E-state index is 0.240. The van der Waals surface area contributed by atoms with E-state index in [-0.39, 0.29) is 6.04 Å². The molecule has 2 rings (SSSR count). The molecule has 2 unspecified atom stereocenters. The number of nitrogens with zero attached hydrogens (tertiary/aromatic N) is 1. The minimum Gasteiger partial charge on any atom is -0.316 e. The molecule has 19 heavy (non-hydrogen) atoms. The molecule has 2 atom stereocenters. The smallest absolute Gasteiger partial charge is 0.214 e. The zero-order valence-electron chi connectivity index (χ0n) is 12.1. The number of nitrogens with one attached hydrogen (secondary N) is 1. The predicted molar refractivity (Wildman–Crippen MR) is 78.6 cm³/mol. The van der Waals surface area contributed by atoms with E-state index >= 15 is 0 Å². The fourth-order valence-electron chi connectivity index (χ4n) is 3.38. The Morgan fingerprint density at radius 1 is 1.16 bits per heavy atom. The second-order valence-corrected chi connectivity index (χ2v) is 7.98. The van der Waals surface area contributed by atoms with Gasteiger partial charge in [-0.3, -0.25) is 0 Å². The van der Waals surface area contributed by atoms with Crippen molar-refractivity contribution in [2.24, 2.45) is 5.92 Å². The highest BCUT2D eigenvalue weighted by Crippen LogP contribution is 2.24. The van der Waals surface area contributed by atoms with Gasteiger partial charge in [0.15, 0.2) is 0 Å². The normalized spacial score (nSPS) is 31.0. The van der Waals surface area contributed by atoms with E-state index in [0.29, 0.717) is 11.7 Å². The van der Waals surface area contributed by atoms with E-state index in [4.69, 9.17) is 0 Å². The summed E-state index contributed by atoms with van der Waals surface area (Å²) in [6.45, 7) is 4.75. The maximum absolute atomic E-state index is 12.7. The second-order valence-electron chi connectivity index (χ2n) is 6.01. The molecular weight excluding hydrogens is 260 g/mol. The number of hydrogen-bond donors (Lipinski definition) is 1. The lowest BCUT2D eigenvalue weighted by molar-refractivity contribution is 0.308. The van der Waals surface area contributed by atoms with Crippen LogP contribution in [0.15, 0.2) is 0 Å². The van der Waals surface area contributed by atoms with Crippen LogP contribution in [-0.4, -0.2) is 44.2 Å². The van der Waals surface area contributed by atoms with Gasteiger partial charge in [-0.1, -0.05) is 19.8 Å². The average Bonchev–Trinajstić information content (AvgIpc) is 2.64. The molecule has 0 saturated carbocycles. The molecule has 4 nitrogen and oxygen atoms in total. The maximum Gasteiger partial charge on any atom is 0.214 e. The molecule has 0 amide bonds. The van der Waals surface area contributed by atoms with Crippen molar-refractivity contribution in [2.45, 2.75) is 57.9 Å². The van der Waals surface area contributed by atoms with E-state index in [2.05, 4.69) is 12.2 Å². The lowest BCUT2D eigenvalue weighted by atomic mass is 10.0. The molecule has 2 saturated heterocycles. The largest absolute Gasteiger partial charge is 0.316 e. The predicted octanol–water partition coefficient (Wildman–Crippen LogP) is 1.97. The van der Waals surface area contributed by atoms with Crippen LogP contribution in [0.5, 0.6) is 0 Å². The number of rotatable bonds is 4. The Bertz CT molecular complexity index is 364. The number of piperidine rings is 1. The number of sulfonamides is 1. The Morgan fingerprint density at radius 2 is 2.00 bits per heavy atom. The van der Waals surface area contributed by atoms with E-state index in [9.17, 15) is 8.42 Å².